The summed E-state index contributed by atoms with van der Waals surface area (Å²) in [5, 5.41) is 5.32. The minimum absolute atomic E-state index is 0. The van der Waals surface area contributed by atoms with Crippen molar-refractivity contribution in [3.05, 3.63) is 89.6 Å². The Hall–Kier alpha value is -0.622. The molecule has 1 nitrogen and oxygen atoms in total. The SMILES string of the molecule is C[Si](C)[N-][Si](C)C.[Gd+3].c1ccc2[cH-]ccc2c1.c1ccc2[cH-]ccc2c1. The summed E-state index contributed by atoms with van der Waals surface area (Å²) in [6.07, 6.45) is 0. The summed E-state index contributed by atoms with van der Waals surface area (Å²) in [5.74, 6) is 0. The standard InChI is InChI=1S/2C9H7.C4H12NSi2.Gd/c2*1-2-5-9-7-3-6-8(9)4-1;1-6(2)5-7(3)4;/h2*1-7H;1-4H3;/q3*-1;+3. The molecule has 0 aliphatic carbocycles. The van der Waals surface area contributed by atoms with Crippen LogP contribution < -0.4 is 0 Å². The number of fused-ring (bicyclic) bond motifs is 2. The number of nitrogens with zero attached hydrogens (tertiary/aromatic N) is 1. The van der Waals surface area contributed by atoms with E-state index in [0.29, 0.717) is 0 Å². The average Bonchev–Trinajstić information content (AvgIpc) is 3.23. The first-order valence-corrected chi connectivity index (χ1v) is 13.5. The third-order valence-corrected chi connectivity index (χ3v) is 7.12. The van der Waals surface area contributed by atoms with Gasteiger partial charge in [0.05, 0.1) is 0 Å². The topological polar surface area (TPSA) is 14.1 Å². The Bertz CT molecular complexity index is 732. The molecular formula is C22H26GdNSi2. The van der Waals surface area contributed by atoms with Gasteiger partial charge in [0.1, 0.15) is 0 Å². The van der Waals surface area contributed by atoms with Crippen LogP contribution >= 0.6 is 0 Å². The molecule has 4 rings (SSSR count). The van der Waals surface area contributed by atoms with Gasteiger partial charge in [0.2, 0.25) is 0 Å². The monoisotopic (exact) mass is 518 g/mol. The van der Waals surface area contributed by atoms with Crippen LogP contribution in [0.3, 0.4) is 0 Å². The van der Waals surface area contributed by atoms with Crippen LogP contribution in [0, 0.1) is 39.9 Å². The molecule has 0 unspecified atom stereocenters. The van der Waals surface area contributed by atoms with E-state index in [1.54, 1.807) is 0 Å². The van der Waals surface area contributed by atoms with Crippen molar-refractivity contribution in [2.45, 2.75) is 26.2 Å². The fourth-order valence-corrected chi connectivity index (χ4v) is 6.16. The van der Waals surface area contributed by atoms with E-state index in [0.717, 1.165) is 0 Å². The van der Waals surface area contributed by atoms with Crippen LogP contribution in [0.1, 0.15) is 0 Å². The number of rotatable bonds is 2. The van der Waals surface area contributed by atoms with Crippen LogP contribution in [0.2, 0.25) is 26.2 Å². The van der Waals surface area contributed by atoms with E-state index in [9.17, 15) is 0 Å². The van der Waals surface area contributed by atoms with Crippen LogP contribution in [0.25, 0.3) is 26.2 Å². The van der Waals surface area contributed by atoms with Crippen molar-refractivity contribution in [2.75, 3.05) is 0 Å². The fourth-order valence-electron chi connectivity index (χ4n) is 2.59. The molecular weight excluding hydrogens is 492 g/mol. The van der Waals surface area contributed by atoms with E-state index in [4.69, 9.17) is 0 Å². The molecule has 0 heterocycles. The summed E-state index contributed by atoms with van der Waals surface area (Å²) in [7, 11) is -0.528. The van der Waals surface area contributed by atoms with E-state index >= 15 is 0 Å². The van der Waals surface area contributed by atoms with Crippen molar-refractivity contribution < 1.29 is 39.9 Å². The van der Waals surface area contributed by atoms with Gasteiger partial charge in [-0.15, -0.1) is 59.3 Å². The fraction of sp³-hybridized carbons (Fsp3) is 0.182. The second-order valence-corrected chi connectivity index (χ2v) is 11.0. The zero-order chi connectivity index (χ0) is 18.1. The van der Waals surface area contributed by atoms with Gasteiger partial charge in [0.15, 0.2) is 0 Å². The van der Waals surface area contributed by atoms with Gasteiger partial charge in [-0.05, 0) is 0 Å². The van der Waals surface area contributed by atoms with E-state index in [2.05, 4.69) is 116 Å². The Morgan fingerprint density at radius 2 is 1.00 bits per heavy atom. The zero-order valence-electron chi connectivity index (χ0n) is 15.9. The molecule has 0 atom stereocenters. The molecule has 3 radical (unpaired) electrons. The van der Waals surface area contributed by atoms with Crippen molar-refractivity contribution >= 4 is 39.5 Å². The smallest absolute Gasteiger partial charge is 0.673 e. The molecule has 0 aromatic heterocycles. The van der Waals surface area contributed by atoms with Crippen LogP contribution in [0.15, 0.2) is 84.9 Å². The Labute approximate surface area is 193 Å². The average molecular weight is 518 g/mol. The first-order chi connectivity index (χ1) is 12.1. The summed E-state index contributed by atoms with van der Waals surface area (Å²) in [6, 6.07) is 29.3. The number of hydrogen-bond acceptors (Lipinski definition) is 0. The van der Waals surface area contributed by atoms with Crippen LogP contribution in [-0.4, -0.2) is 17.9 Å². The second-order valence-electron chi connectivity index (χ2n) is 6.32. The van der Waals surface area contributed by atoms with Gasteiger partial charge in [-0.3, -0.25) is 0 Å². The van der Waals surface area contributed by atoms with Crippen molar-refractivity contribution in [2.24, 2.45) is 0 Å². The Balaban J connectivity index is 0.000000194. The molecule has 26 heavy (non-hydrogen) atoms. The van der Waals surface area contributed by atoms with Gasteiger partial charge in [-0.25, -0.2) is 0 Å². The van der Waals surface area contributed by atoms with Gasteiger partial charge < -0.3 is 4.65 Å². The molecule has 4 aromatic rings. The summed E-state index contributed by atoms with van der Waals surface area (Å²) < 4.78 is 4.48. The molecule has 0 aliphatic heterocycles. The molecule has 0 amide bonds. The van der Waals surface area contributed by atoms with Crippen molar-refractivity contribution in [1.29, 1.82) is 0 Å². The first kappa shape index (κ1) is 23.4. The zero-order valence-corrected chi connectivity index (χ0v) is 20.2. The first-order valence-electron chi connectivity index (χ1n) is 8.59. The van der Waals surface area contributed by atoms with Crippen LogP contribution in [-0.2, 0) is 0 Å². The van der Waals surface area contributed by atoms with Crippen molar-refractivity contribution in [3.63, 3.8) is 0 Å². The van der Waals surface area contributed by atoms with Crippen molar-refractivity contribution in [1.82, 2.24) is 0 Å². The van der Waals surface area contributed by atoms with E-state index in [1.165, 1.54) is 21.5 Å². The summed E-state index contributed by atoms with van der Waals surface area (Å²) in [4.78, 5) is 0. The molecule has 4 heteroatoms. The van der Waals surface area contributed by atoms with E-state index in [-0.39, 0.29) is 57.9 Å². The largest absolute Gasteiger partial charge is 3.00 e. The predicted molar refractivity (Wildman–Crippen MR) is 117 cm³/mol. The maximum atomic E-state index is 4.48. The third kappa shape index (κ3) is 8.38. The van der Waals surface area contributed by atoms with Crippen molar-refractivity contribution in [3.8, 4) is 0 Å². The minimum Gasteiger partial charge on any atom is -0.673 e. The van der Waals surface area contributed by atoms with Gasteiger partial charge in [0.25, 0.3) is 0 Å². The molecule has 0 N–H and O–H groups in total. The third-order valence-electron chi connectivity index (χ3n) is 3.54. The van der Waals surface area contributed by atoms with Gasteiger partial charge in [0, 0.05) is 0 Å². The Kier molecular flexibility index (Phi) is 11.4. The molecule has 0 saturated carbocycles. The summed E-state index contributed by atoms with van der Waals surface area (Å²) in [6.45, 7) is 8.90. The Morgan fingerprint density at radius 1 is 0.615 bits per heavy atom. The minimum atomic E-state index is -0.264. The quantitative estimate of drug-likeness (QED) is 0.201. The normalized spacial score (nSPS) is 10.1. The number of hydrogen-bond donors (Lipinski definition) is 0. The molecule has 0 spiro atoms. The molecule has 0 saturated heterocycles. The molecule has 135 valence electrons. The van der Waals surface area contributed by atoms with Crippen LogP contribution in [0.5, 0.6) is 0 Å². The maximum Gasteiger partial charge on any atom is 3.00 e. The molecule has 0 fully saturated rings. The predicted octanol–water partition coefficient (Wildman–Crippen LogP) is 6.98. The van der Waals surface area contributed by atoms with Crippen LogP contribution in [0.4, 0.5) is 0 Å². The second kappa shape index (κ2) is 12.7. The van der Waals surface area contributed by atoms with Gasteiger partial charge in [-0.1, -0.05) is 56.2 Å². The molecule has 4 aromatic carbocycles. The number of benzene rings is 2. The molecule has 0 bridgehead atoms. The summed E-state index contributed by atoms with van der Waals surface area (Å²) >= 11 is 0. The summed E-state index contributed by atoms with van der Waals surface area (Å²) in [5.41, 5.74) is 0. The van der Waals surface area contributed by atoms with E-state index in [1.807, 2.05) is 0 Å². The van der Waals surface area contributed by atoms with Gasteiger partial charge >= 0.3 is 39.9 Å². The Morgan fingerprint density at radius 3 is 1.31 bits per heavy atom. The van der Waals surface area contributed by atoms with E-state index < -0.39 is 0 Å². The molecule has 0 aliphatic rings. The van der Waals surface area contributed by atoms with Gasteiger partial charge in [-0.2, -0.15) is 35.0 Å². The maximum absolute atomic E-state index is 4.48.